The largest absolute Gasteiger partial charge is 0.508 e. The van der Waals surface area contributed by atoms with E-state index in [2.05, 4.69) is 31.3 Å². The highest BCUT2D eigenvalue weighted by Gasteiger charge is 2.19. The van der Waals surface area contributed by atoms with E-state index in [-0.39, 0.29) is 0 Å². The van der Waals surface area contributed by atoms with E-state index in [1.807, 2.05) is 6.07 Å². The molecule has 17 heavy (non-hydrogen) atoms. The Kier molecular flexibility index (Phi) is 3.85. The van der Waals surface area contributed by atoms with Crippen LogP contribution in [-0.2, 0) is 6.42 Å². The van der Waals surface area contributed by atoms with Crippen LogP contribution < -0.4 is 5.32 Å². The Balaban J connectivity index is 2.09. The van der Waals surface area contributed by atoms with Crippen molar-refractivity contribution in [1.29, 1.82) is 0 Å². The number of phenols is 1. The van der Waals surface area contributed by atoms with Gasteiger partial charge in [-0.3, -0.25) is 0 Å². The lowest BCUT2D eigenvalue weighted by Gasteiger charge is -2.26. The molecule has 2 rings (SSSR count). The van der Waals surface area contributed by atoms with Gasteiger partial charge in [-0.2, -0.15) is 0 Å². The summed E-state index contributed by atoms with van der Waals surface area (Å²) in [4.78, 5) is 0. The predicted molar refractivity (Wildman–Crippen MR) is 71.2 cm³/mol. The SMILES string of the molecule is CC(C)=CCNC1CCCc2cc(O)ccc21. The van der Waals surface area contributed by atoms with Crippen LogP contribution in [0, 0.1) is 0 Å². The Morgan fingerprint density at radius 2 is 2.29 bits per heavy atom. The van der Waals surface area contributed by atoms with Gasteiger partial charge in [0.05, 0.1) is 0 Å². The molecule has 0 saturated heterocycles. The number of aromatic hydroxyl groups is 1. The molecule has 0 saturated carbocycles. The summed E-state index contributed by atoms with van der Waals surface area (Å²) in [5.74, 6) is 0.383. The lowest BCUT2D eigenvalue weighted by atomic mass is 9.87. The number of rotatable bonds is 3. The summed E-state index contributed by atoms with van der Waals surface area (Å²) in [5, 5.41) is 13.1. The lowest BCUT2D eigenvalue weighted by Crippen LogP contribution is -2.25. The van der Waals surface area contributed by atoms with E-state index in [0.717, 1.165) is 13.0 Å². The van der Waals surface area contributed by atoms with Crippen LogP contribution in [0.5, 0.6) is 5.75 Å². The fraction of sp³-hybridized carbons (Fsp3) is 0.467. The number of benzene rings is 1. The van der Waals surface area contributed by atoms with Crippen LogP contribution >= 0.6 is 0 Å². The molecule has 2 nitrogen and oxygen atoms in total. The third kappa shape index (κ3) is 3.10. The van der Waals surface area contributed by atoms with Gasteiger partial charge >= 0.3 is 0 Å². The van der Waals surface area contributed by atoms with Gasteiger partial charge in [0.25, 0.3) is 0 Å². The Morgan fingerprint density at radius 3 is 3.06 bits per heavy atom. The van der Waals surface area contributed by atoms with Gasteiger partial charge < -0.3 is 10.4 Å². The molecule has 0 heterocycles. The summed E-state index contributed by atoms with van der Waals surface area (Å²) in [6.07, 6.45) is 5.69. The molecule has 92 valence electrons. The van der Waals surface area contributed by atoms with E-state index in [1.54, 1.807) is 6.07 Å². The predicted octanol–water partition coefficient (Wildman–Crippen LogP) is 3.33. The molecule has 1 aliphatic carbocycles. The second-order valence-corrected chi connectivity index (χ2v) is 5.02. The van der Waals surface area contributed by atoms with Crippen LogP contribution in [0.15, 0.2) is 29.8 Å². The molecule has 0 bridgehead atoms. The number of nitrogens with one attached hydrogen (secondary N) is 1. The van der Waals surface area contributed by atoms with Gasteiger partial charge in [-0.25, -0.2) is 0 Å². The highest BCUT2D eigenvalue weighted by atomic mass is 16.3. The van der Waals surface area contributed by atoms with Crippen LogP contribution in [0.25, 0.3) is 0 Å². The maximum Gasteiger partial charge on any atom is 0.115 e. The van der Waals surface area contributed by atoms with Crippen LogP contribution in [0.2, 0.25) is 0 Å². The zero-order chi connectivity index (χ0) is 12.3. The van der Waals surface area contributed by atoms with Crippen LogP contribution in [0.3, 0.4) is 0 Å². The monoisotopic (exact) mass is 231 g/mol. The van der Waals surface area contributed by atoms with E-state index >= 15 is 0 Å². The first-order valence-electron chi connectivity index (χ1n) is 6.35. The van der Waals surface area contributed by atoms with Gasteiger partial charge in [0, 0.05) is 12.6 Å². The molecule has 1 atom stereocenters. The fourth-order valence-electron chi connectivity index (χ4n) is 2.42. The van der Waals surface area contributed by atoms with Gasteiger partial charge in [0.1, 0.15) is 5.75 Å². The molecular weight excluding hydrogens is 210 g/mol. The second-order valence-electron chi connectivity index (χ2n) is 5.02. The Morgan fingerprint density at radius 1 is 1.47 bits per heavy atom. The molecule has 0 aliphatic heterocycles. The second kappa shape index (κ2) is 5.37. The highest BCUT2D eigenvalue weighted by Crippen LogP contribution is 2.31. The average Bonchev–Trinajstić information content (AvgIpc) is 2.28. The molecule has 0 fully saturated rings. The molecule has 1 aromatic carbocycles. The Labute approximate surface area is 103 Å². The maximum absolute atomic E-state index is 9.49. The molecule has 1 aromatic rings. The third-order valence-electron chi connectivity index (χ3n) is 3.32. The first-order valence-corrected chi connectivity index (χ1v) is 6.35. The normalized spacial score (nSPS) is 18.6. The van der Waals surface area contributed by atoms with Crippen LogP contribution in [-0.4, -0.2) is 11.7 Å². The molecule has 1 unspecified atom stereocenters. The van der Waals surface area contributed by atoms with E-state index < -0.39 is 0 Å². The van der Waals surface area contributed by atoms with Crippen LogP contribution in [0.1, 0.15) is 43.9 Å². The summed E-state index contributed by atoms with van der Waals surface area (Å²) in [6, 6.07) is 6.20. The molecule has 0 aromatic heterocycles. The summed E-state index contributed by atoms with van der Waals surface area (Å²) >= 11 is 0. The number of phenolic OH excluding ortho intramolecular Hbond substituents is 1. The maximum atomic E-state index is 9.49. The van der Waals surface area contributed by atoms with Crippen molar-refractivity contribution in [3.05, 3.63) is 41.0 Å². The van der Waals surface area contributed by atoms with E-state index in [1.165, 1.54) is 29.5 Å². The summed E-state index contributed by atoms with van der Waals surface area (Å²) in [7, 11) is 0. The molecule has 2 heteroatoms. The molecule has 0 spiro atoms. The van der Waals surface area contributed by atoms with Crippen molar-refractivity contribution in [2.45, 2.75) is 39.2 Å². The number of allylic oxidation sites excluding steroid dienone is 1. The minimum Gasteiger partial charge on any atom is -0.508 e. The van der Waals surface area contributed by atoms with Crippen molar-refractivity contribution in [2.24, 2.45) is 0 Å². The molecule has 2 N–H and O–H groups in total. The minimum absolute atomic E-state index is 0.383. The summed E-state index contributed by atoms with van der Waals surface area (Å²) < 4.78 is 0. The van der Waals surface area contributed by atoms with Crippen molar-refractivity contribution in [3.8, 4) is 5.75 Å². The number of fused-ring (bicyclic) bond motifs is 1. The van der Waals surface area contributed by atoms with E-state index in [0.29, 0.717) is 11.8 Å². The number of hydrogen-bond acceptors (Lipinski definition) is 2. The number of hydrogen-bond donors (Lipinski definition) is 2. The third-order valence-corrected chi connectivity index (χ3v) is 3.32. The Hall–Kier alpha value is -1.28. The van der Waals surface area contributed by atoms with Gasteiger partial charge in [-0.15, -0.1) is 0 Å². The van der Waals surface area contributed by atoms with Gasteiger partial charge in [0.15, 0.2) is 0 Å². The van der Waals surface area contributed by atoms with Crippen molar-refractivity contribution in [2.75, 3.05) is 6.54 Å². The van der Waals surface area contributed by atoms with Gasteiger partial charge in [0.2, 0.25) is 0 Å². The zero-order valence-corrected chi connectivity index (χ0v) is 10.7. The minimum atomic E-state index is 0.383. The quantitative estimate of drug-likeness (QED) is 0.782. The summed E-state index contributed by atoms with van der Waals surface area (Å²) in [6.45, 7) is 5.16. The Bertz CT molecular complexity index is 419. The molecular formula is C15H21NO. The van der Waals surface area contributed by atoms with E-state index in [9.17, 15) is 5.11 Å². The van der Waals surface area contributed by atoms with Gasteiger partial charge in [-0.05, 0) is 56.4 Å². The smallest absolute Gasteiger partial charge is 0.115 e. The number of aryl methyl sites for hydroxylation is 1. The lowest BCUT2D eigenvalue weighted by molar-refractivity contribution is 0.460. The van der Waals surface area contributed by atoms with Crippen LogP contribution in [0.4, 0.5) is 0 Å². The van der Waals surface area contributed by atoms with E-state index in [4.69, 9.17) is 0 Å². The highest BCUT2D eigenvalue weighted by molar-refractivity contribution is 5.38. The molecule has 1 aliphatic rings. The van der Waals surface area contributed by atoms with Crippen molar-refractivity contribution in [1.82, 2.24) is 5.32 Å². The van der Waals surface area contributed by atoms with Crippen molar-refractivity contribution >= 4 is 0 Å². The first kappa shape index (κ1) is 12.2. The molecule has 0 radical (unpaired) electrons. The molecule has 0 amide bonds. The standard InChI is InChI=1S/C15H21NO/c1-11(2)8-9-16-15-5-3-4-12-10-13(17)6-7-14(12)15/h6-8,10,15-17H,3-5,9H2,1-2H3. The zero-order valence-electron chi connectivity index (χ0n) is 10.7. The average molecular weight is 231 g/mol. The first-order chi connectivity index (χ1) is 8.16. The van der Waals surface area contributed by atoms with Gasteiger partial charge in [-0.1, -0.05) is 17.7 Å². The topological polar surface area (TPSA) is 32.3 Å². The van der Waals surface area contributed by atoms with Crippen molar-refractivity contribution in [3.63, 3.8) is 0 Å². The summed E-state index contributed by atoms with van der Waals surface area (Å²) in [5.41, 5.74) is 4.00. The fourth-order valence-corrected chi connectivity index (χ4v) is 2.42. The van der Waals surface area contributed by atoms with Crippen molar-refractivity contribution < 1.29 is 5.11 Å².